The predicted molar refractivity (Wildman–Crippen MR) is 89.0 cm³/mol. The Morgan fingerprint density at radius 2 is 2.42 bits per heavy atom. The fraction of sp³-hybridized carbons (Fsp3) is 0.688. The molecule has 0 aromatic carbocycles. The van der Waals surface area contributed by atoms with E-state index in [-0.39, 0.29) is 16.5 Å². The summed E-state index contributed by atoms with van der Waals surface area (Å²) in [6.45, 7) is 6.21. The van der Waals surface area contributed by atoms with Crippen LogP contribution < -0.4 is 0 Å². The summed E-state index contributed by atoms with van der Waals surface area (Å²) in [7, 11) is -1.83. The predicted octanol–water partition coefficient (Wildman–Crippen LogP) is 1.18. The van der Waals surface area contributed by atoms with Gasteiger partial charge in [0.1, 0.15) is 0 Å². The standard InChI is InChI=1S/C16H25N3O4S/c1-3-8-22-12-16-6-4-9-23-14(16)5-7-19(11-16)24(20,21)15-10-18(2)13-17-15/h3,10,13-14H,1,4-9,11-12H2,2H3/t14-,16-/m1/s1. The minimum atomic E-state index is -3.59. The third-order valence-corrected chi connectivity index (χ3v) is 6.59. The van der Waals surface area contributed by atoms with Gasteiger partial charge in [-0.2, -0.15) is 4.31 Å². The highest BCUT2D eigenvalue weighted by molar-refractivity contribution is 7.89. The van der Waals surface area contributed by atoms with Crippen LogP contribution in [0.5, 0.6) is 0 Å². The largest absolute Gasteiger partial charge is 0.377 e. The summed E-state index contributed by atoms with van der Waals surface area (Å²) in [5.74, 6) is 0. The van der Waals surface area contributed by atoms with Gasteiger partial charge in [-0.25, -0.2) is 13.4 Å². The highest BCUT2D eigenvalue weighted by Crippen LogP contribution is 2.41. The van der Waals surface area contributed by atoms with Crippen molar-refractivity contribution in [3.8, 4) is 0 Å². The topological polar surface area (TPSA) is 73.7 Å². The van der Waals surface area contributed by atoms with Gasteiger partial charge < -0.3 is 14.0 Å². The van der Waals surface area contributed by atoms with Crippen LogP contribution in [0.3, 0.4) is 0 Å². The molecule has 0 amide bonds. The highest BCUT2D eigenvalue weighted by atomic mass is 32.2. The second-order valence-corrected chi connectivity index (χ2v) is 8.52. The Morgan fingerprint density at radius 3 is 3.12 bits per heavy atom. The van der Waals surface area contributed by atoms with E-state index in [0.717, 1.165) is 19.4 Å². The van der Waals surface area contributed by atoms with Crippen LogP contribution in [0.1, 0.15) is 19.3 Å². The number of aromatic nitrogens is 2. The lowest BCUT2D eigenvalue weighted by Gasteiger charge is -2.49. The zero-order chi connectivity index (χ0) is 17.2. The molecule has 2 aliphatic rings. The van der Waals surface area contributed by atoms with Gasteiger partial charge in [0, 0.05) is 38.4 Å². The van der Waals surface area contributed by atoms with Crippen molar-refractivity contribution in [1.82, 2.24) is 13.9 Å². The second kappa shape index (κ2) is 6.95. The van der Waals surface area contributed by atoms with Crippen molar-refractivity contribution in [3.63, 3.8) is 0 Å². The molecule has 0 saturated carbocycles. The lowest BCUT2D eigenvalue weighted by molar-refractivity contribution is -0.140. The summed E-state index contributed by atoms with van der Waals surface area (Å²) in [5, 5.41) is 0.0994. The molecule has 0 spiro atoms. The minimum Gasteiger partial charge on any atom is -0.377 e. The van der Waals surface area contributed by atoms with Crippen molar-refractivity contribution in [2.45, 2.75) is 30.4 Å². The maximum atomic E-state index is 12.9. The van der Waals surface area contributed by atoms with E-state index in [1.807, 2.05) is 0 Å². The Hall–Kier alpha value is -1.22. The third kappa shape index (κ3) is 3.28. The SMILES string of the molecule is C=CCOC[C@]12CCCO[C@@H]1CCN(S(=O)(=O)c1cn(C)cn1)C2. The Bertz CT molecular complexity index is 687. The first-order valence-corrected chi connectivity index (χ1v) is 9.70. The van der Waals surface area contributed by atoms with Crippen molar-refractivity contribution >= 4 is 10.0 Å². The molecule has 0 unspecified atom stereocenters. The number of nitrogens with zero attached hydrogens (tertiary/aromatic N) is 3. The first-order chi connectivity index (χ1) is 11.5. The molecule has 0 radical (unpaired) electrons. The maximum Gasteiger partial charge on any atom is 0.262 e. The van der Waals surface area contributed by atoms with Crippen molar-refractivity contribution in [2.75, 3.05) is 32.9 Å². The number of hydrogen-bond donors (Lipinski definition) is 0. The number of imidazole rings is 1. The van der Waals surface area contributed by atoms with Crippen LogP contribution >= 0.6 is 0 Å². The summed E-state index contributed by atoms with van der Waals surface area (Å²) in [4.78, 5) is 4.02. The molecule has 134 valence electrons. The van der Waals surface area contributed by atoms with Crippen LogP contribution in [0.4, 0.5) is 0 Å². The lowest BCUT2D eigenvalue weighted by atomic mass is 9.73. The number of aryl methyl sites for hydroxylation is 1. The lowest BCUT2D eigenvalue weighted by Crippen LogP contribution is -2.58. The average molecular weight is 355 g/mol. The zero-order valence-corrected chi connectivity index (χ0v) is 14.9. The number of sulfonamides is 1. The van der Waals surface area contributed by atoms with Gasteiger partial charge in [-0.1, -0.05) is 6.08 Å². The number of fused-ring (bicyclic) bond motifs is 1. The fourth-order valence-corrected chi connectivity index (χ4v) is 5.18. The summed E-state index contributed by atoms with van der Waals surface area (Å²) < 4.78 is 40.6. The quantitative estimate of drug-likeness (QED) is 0.566. The second-order valence-electron chi connectivity index (χ2n) is 6.63. The molecule has 2 saturated heterocycles. The molecule has 2 fully saturated rings. The Kier molecular flexibility index (Phi) is 5.10. The molecule has 7 nitrogen and oxygen atoms in total. The molecule has 0 N–H and O–H groups in total. The van der Waals surface area contributed by atoms with Gasteiger partial charge in [-0.15, -0.1) is 6.58 Å². The van der Waals surface area contributed by atoms with Crippen LogP contribution in [0, 0.1) is 5.41 Å². The van der Waals surface area contributed by atoms with Crippen LogP contribution in [0.25, 0.3) is 0 Å². The monoisotopic (exact) mass is 355 g/mol. The summed E-state index contributed by atoms with van der Waals surface area (Å²) >= 11 is 0. The molecule has 2 aliphatic heterocycles. The smallest absolute Gasteiger partial charge is 0.262 e. The van der Waals surface area contributed by atoms with Crippen LogP contribution in [0.15, 0.2) is 30.2 Å². The van der Waals surface area contributed by atoms with Gasteiger partial charge >= 0.3 is 0 Å². The Morgan fingerprint density at radius 1 is 1.58 bits per heavy atom. The van der Waals surface area contributed by atoms with Gasteiger partial charge in [-0.3, -0.25) is 0 Å². The molecular weight excluding hydrogens is 330 g/mol. The van der Waals surface area contributed by atoms with Gasteiger partial charge in [0.25, 0.3) is 10.0 Å². The van der Waals surface area contributed by atoms with E-state index >= 15 is 0 Å². The zero-order valence-electron chi connectivity index (χ0n) is 14.1. The van der Waals surface area contributed by atoms with Crippen LogP contribution in [0.2, 0.25) is 0 Å². The van der Waals surface area contributed by atoms with Crippen molar-refractivity contribution in [2.24, 2.45) is 12.5 Å². The molecule has 3 rings (SSSR count). The van der Waals surface area contributed by atoms with E-state index in [9.17, 15) is 8.42 Å². The highest BCUT2D eigenvalue weighted by Gasteiger charge is 2.49. The molecular formula is C16H25N3O4S. The minimum absolute atomic E-state index is 0.0475. The van der Waals surface area contributed by atoms with Crippen molar-refractivity contribution in [3.05, 3.63) is 25.2 Å². The molecule has 8 heteroatoms. The van der Waals surface area contributed by atoms with E-state index in [4.69, 9.17) is 9.47 Å². The van der Waals surface area contributed by atoms with Gasteiger partial charge in [0.05, 0.1) is 25.6 Å². The maximum absolute atomic E-state index is 12.9. The van der Waals surface area contributed by atoms with Gasteiger partial charge in [-0.05, 0) is 19.3 Å². The molecule has 3 heterocycles. The van der Waals surface area contributed by atoms with Crippen LogP contribution in [-0.2, 0) is 26.5 Å². The van der Waals surface area contributed by atoms with E-state index in [0.29, 0.717) is 32.7 Å². The summed E-state index contributed by atoms with van der Waals surface area (Å²) in [6.07, 6.45) is 7.32. The molecule has 2 atom stereocenters. The molecule has 24 heavy (non-hydrogen) atoms. The number of hydrogen-bond acceptors (Lipinski definition) is 5. The van der Waals surface area contributed by atoms with E-state index in [2.05, 4.69) is 11.6 Å². The molecule has 1 aromatic heterocycles. The van der Waals surface area contributed by atoms with E-state index in [1.54, 1.807) is 23.9 Å². The molecule has 0 bridgehead atoms. The van der Waals surface area contributed by atoms with Crippen molar-refractivity contribution in [1.29, 1.82) is 0 Å². The molecule has 1 aromatic rings. The third-order valence-electron chi connectivity index (χ3n) is 4.86. The number of rotatable bonds is 6. The first-order valence-electron chi connectivity index (χ1n) is 8.26. The van der Waals surface area contributed by atoms with Crippen molar-refractivity contribution < 1.29 is 17.9 Å². The summed E-state index contributed by atoms with van der Waals surface area (Å²) in [6, 6.07) is 0. The number of piperidine rings is 1. The first kappa shape index (κ1) is 17.6. The van der Waals surface area contributed by atoms with Crippen LogP contribution in [-0.4, -0.2) is 61.3 Å². The van der Waals surface area contributed by atoms with Gasteiger partial charge in [0.15, 0.2) is 5.03 Å². The molecule has 0 aliphatic carbocycles. The Labute approximate surface area is 143 Å². The Balaban J connectivity index is 1.82. The average Bonchev–Trinajstić information content (AvgIpc) is 3.02. The van der Waals surface area contributed by atoms with Gasteiger partial charge in [0.2, 0.25) is 0 Å². The van der Waals surface area contributed by atoms with E-state index < -0.39 is 10.0 Å². The summed E-state index contributed by atoms with van der Waals surface area (Å²) in [5.41, 5.74) is -0.290. The normalized spacial score (nSPS) is 28.5. The van der Waals surface area contributed by atoms with E-state index in [1.165, 1.54) is 10.6 Å². The number of ether oxygens (including phenoxy) is 2. The fourth-order valence-electron chi connectivity index (χ4n) is 3.67.